The van der Waals surface area contributed by atoms with E-state index in [9.17, 15) is 4.79 Å². The van der Waals surface area contributed by atoms with Crippen molar-refractivity contribution in [1.29, 1.82) is 0 Å². The van der Waals surface area contributed by atoms with Gasteiger partial charge in [0.25, 0.3) is 0 Å². The molecule has 1 fully saturated rings. The summed E-state index contributed by atoms with van der Waals surface area (Å²) in [6.45, 7) is 2.34. The Morgan fingerprint density at radius 1 is 1.39 bits per heavy atom. The minimum absolute atomic E-state index is 0.147. The first-order chi connectivity index (χ1) is 8.79. The van der Waals surface area contributed by atoms with Crippen LogP contribution in [0.1, 0.15) is 25.3 Å². The van der Waals surface area contributed by atoms with Gasteiger partial charge in [-0.1, -0.05) is 42.5 Å². The smallest absolute Gasteiger partial charge is 0.323 e. The van der Waals surface area contributed by atoms with Crippen LogP contribution in [0.25, 0.3) is 0 Å². The van der Waals surface area contributed by atoms with Crippen molar-refractivity contribution in [2.45, 2.75) is 38.5 Å². The van der Waals surface area contributed by atoms with Gasteiger partial charge >= 0.3 is 5.97 Å². The summed E-state index contributed by atoms with van der Waals surface area (Å²) in [7, 11) is 0. The highest BCUT2D eigenvalue weighted by Crippen LogP contribution is 2.15. The SMILES string of the molecule is C/C=C\[C@@H]1CC[C@@H](C(=O)OCc2ccccc2)N1. The van der Waals surface area contributed by atoms with Gasteiger partial charge in [0.05, 0.1) is 0 Å². The van der Waals surface area contributed by atoms with Crippen LogP contribution < -0.4 is 5.32 Å². The lowest BCUT2D eigenvalue weighted by Gasteiger charge is -2.11. The number of hydrogen-bond donors (Lipinski definition) is 1. The molecule has 1 saturated heterocycles. The zero-order chi connectivity index (χ0) is 12.8. The summed E-state index contributed by atoms with van der Waals surface area (Å²) in [6.07, 6.45) is 5.94. The quantitative estimate of drug-likeness (QED) is 0.654. The molecule has 1 aliphatic rings. The number of esters is 1. The predicted octanol–water partition coefficient (Wildman–Crippen LogP) is 2.43. The third-order valence-electron chi connectivity index (χ3n) is 3.11. The van der Waals surface area contributed by atoms with Crippen LogP contribution in [0.3, 0.4) is 0 Å². The van der Waals surface area contributed by atoms with Crippen LogP contribution in [-0.2, 0) is 16.1 Å². The van der Waals surface area contributed by atoms with Crippen LogP contribution in [0, 0.1) is 0 Å². The third kappa shape index (κ3) is 3.44. The van der Waals surface area contributed by atoms with Crippen LogP contribution in [0.5, 0.6) is 0 Å². The minimum atomic E-state index is -0.157. The number of ether oxygens (including phenoxy) is 1. The Labute approximate surface area is 108 Å². The van der Waals surface area contributed by atoms with E-state index in [2.05, 4.69) is 11.4 Å². The molecule has 18 heavy (non-hydrogen) atoms. The van der Waals surface area contributed by atoms with Crippen molar-refractivity contribution in [3.8, 4) is 0 Å². The molecule has 3 nitrogen and oxygen atoms in total. The zero-order valence-electron chi connectivity index (χ0n) is 10.6. The lowest BCUT2D eigenvalue weighted by Crippen LogP contribution is -2.35. The summed E-state index contributed by atoms with van der Waals surface area (Å²) >= 11 is 0. The Kier molecular flexibility index (Phi) is 4.53. The highest BCUT2D eigenvalue weighted by Gasteiger charge is 2.28. The van der Waals surface area contributed by atoms with Crippen LogP contribution >= 0.6 is 0 Å². The van der Waals surface area contributed by atoms with Crippen molar-refractivity contribution in [2.75, 3.05) is 0 Å². The number of carbonyl (C=O) groups is 1. The summed E-state index contributed by atoms with van der Waals surface area (Å²) in [5.41, 5.74) is 1.02. The van der Waals surface area contributed by atoms with Crippen LogP contribution in [0.2, 0.25) is 0 Å². The summed E-state index contributed by atoms with van der Waals surface area (Å²) < 4.78 is 5.31. The van der Waals surface area contributed by atoms with E-state index in [0.29, 0.717) is 12.6 Å². The van der Waals surface area contributed by atoms with Gasteiger partial charge in [-0.15, -0.1) is 0 Å². The minimum Gasteiger partial charge on any atom is -0.460 e. The molecule has 1 N–H and O–H groups in total. The molecule has 1 heterocycles. The van der Waals surface area contributed by atoms with Crippen molar-refractivity contribution < 1.29 is 9.53 Å². The van der Waals surface area contributed by atoms with E-state index in [1.165, 1.54) is 0 Å². The largest absolute Gasteiger partial charge is 0.460 e. The summed E-state index contributed by atoms with van der Waals surface area (Å²) in [6, 6.07) is 9.90. The molecular weight excluding hydrogens is 226 g/mol. The van der Waals surface area contributed by atoms with Crippen LogP contribution in [0.15, 0.2) is 42.5 Å². The molecule has 0 aromatic heterocycles. The molecular formula is C15H19NO2. The van der Waals surface area contributed by atoms with E-state index < -0.39 is 0 Å². The van der Waals surface area contributed by atoms with E-state index >= 15 is 0 Å². The van der Waals surface area contributed by atoms with E-state index in [4.69, 9.17) is 4.74 Å². The first-order valence-corrected chi connectivity index (χ1v) is 6.39. The highest BCUT2D eigenvalue weighted by atomic mass is 16.5. The van der Waals surface area contributed by atoms with E-state index in [1.54, 1.807) is 0 Å². The molecule has 1 aromatic carbocycles. The number of rotatable bonds is 4. The fraction of sp³-hybridized carbons (Fsp3) is 0.400. The van der Waals surface area contributed by atoms with Crippen molar-refractivity contribution in [1.82, 2.24) is 5.32 Å². The topological polar surface area (TPSA) is 38.3 Å². The first-order valence-electron chi connectivity index (χ1n) is 6.39. The fourth-order valence-corrected chi connectivity index (χ4v) is 2.17. The molecule has 0 aliphatic carbocycles. The molecule has 0 spiro atoms. The molecule has 1 aliphatic heterocycles. The summed E-state index contributed by atoms with van der Waals surface area (Å²) in [5, 5.41) is 3.27. The number of carbonyl (C=O) groups excluding carboxylic acids is 1. The van der Waals surface area contributed by atoms with Gasteiger partial charge in [-0.25, -0.2) is 0 Å². The molecule has 2 rings (SSSR count). The summed E-state index contributed by atoms with van der Waals surface area (Å²) in [5.74, 6) is -0.147. The summed E-state index contributed by atoms with van der Waals surface area (Å²) in [4.78, 5) is 11.9. The number of benzene rings is 1. The molecule has 1 aromatic rings. The molecule has 96 valence electrons. The maximum Gasteiger partial charge on any atom is 0.323 e. The second-order valence-electron chi connectivity index (χ2n) is 4.52. The number of nitrogens with one attached hydrogen (secondary N) is 1. The molecule has 2 atom stereocenters. The lowest BCUT2D eigenvalue weighted by atomic mass is 10.2. The fourth-order valence-electron chi connectivity index (χ4n) is 2.17. The monoisotopic (exact) mass is 245 g/mol. The van der Waals surface area contributed by atoms with Gasteiger partial charge < -0.3 is 4.74 Å². The van der Waals surface area contributed by atoms with Crippen LogP contribution in [-0.4, -0.2) is 18.1 Å². The van der Waals surface area contributed by atoms with Crippen molar-refractivity contribution in [3.63, 3.8) is 0 Å². The van der Waals surface area contributed by atoms with Gasteiger partial charge in [-0.05, 0) is 25.3 Å². The second-order valence-corrected chi connectivity index (χ2v) is 4.52. The van der Waals surface area contributed by atoms with Gasteiger partial charge in [-0.2, -0.15) is 0 Å². The Morgan fingerprint density at radius 2 is 2.17 bits per heavy atom. The van der Waals surface area contributed by atoms with E-state index in [0.717, 1.165) is 18.4 Å². The Bertz CT molecular complexity index is 414. The number of allylic oxidation sites excluding steroid dienone is 1. The second kappa shape index (κ2) is 6.36. The van der Waals surface area contributed by atoms with Crippen LogP contribution in [0.4, 0.5) is 0 Å². The molecule has 0 radical (unpaired) electrons. The molecule has 3 heteroatoms. The van der Waals surface area contributed by atoms with E-state index in [1.807, 2.05) is 43.3 Å². The van der Waals surface area contributed by atoms with E-state index in [-0.39, 0.29) is 12.0 Å². The Hall–Kier alpha value is -1.61. The molecule has 0 bridgehead atoms. The average Bonchev–Trinajstić information content (AvgIpc) is 2.86. The first kappa shape index (κ1) is 12.8. The predicted molar refractivity (Wildman–Crippen MR) is 71.0 cm³/mol. The van der Waals surface area contributed by atoms with Crippen molar-refractivity contribution in [3.05, 3.63) is 48.0 Å². The van der Waals surface area contributed by atoms with Gasteiger partial charge in [0.1, 0.15) is 12.6 Å². The standard InChI is InChI=1S/C15H19NO2/c1-2-6-13-9-10-14(16-13)15(17)18-11-12-7-4-3-5-8-12/h2-8,13-14,16H,9-11H2,1H3/b6-2-/t13-,14+/m1/s1. The van der Waals surface area contributed by atoms with Crippen molar-refractivity contribution in [2.24, 2.45) is 0 Å². The molecule has 0 amide bonds. The molecule has 0 saturated carbocycles. The molecule has 0 unspecified atom stereocenters. The maximum absolute atomic E-state index is 11.9. The van der Waals surface area contributed by atoms with Crippen molar-refractivity contribution >= 4 is 5.97 Å². The average molecular weight is 245 g/mol. The third-order valence-corrected chi connectivity index (χ3v) is 3.11. The maximum atomic E-state index is 11.9. The Morgan fingerprint density at radius 3 is 2.89 bits per heavy atom. The van der Waals surface area contributed by atoms with Gasteiger partial charge in [0.2, 0.25) is 0 Å². The van der Waals surface area contributed by atoms with Gasteiger partial charge in [0, 0.05) is 6.04 Å². The Balaban J connectivity index is 1.79. The normalized spacial score (nSPS) is 23.4. The number of hydrogen-bond acceptors (Lipinski definition) is 3. The van der Waals surface area contributed by atoms with Gasteiger partial charge in [0.15, 0.2) is 0 Å². The van der Waals surface area contributed by atoms with Gasteiger partial charge in [-0.3, -0.25) is 10.1 Å². The lowest BCUT2D eigenvalue weighted by molar-refractivity contribution is -0.147. The zero-order valence-corrected chi connectivity index (χ0v) is 10.6. The highest BCUT2D eigenvalue weighted by molar-refractivity contribution is 5.76.